The van der Waals surface area contributed by atoms with E-state index >= 15 is 0 Å². The minimum atomic E-state index is -0.586. The van der Waals surface area contributed by atoms with Crippen molar-refractivity contribution in [2.24, 2.45) is 0 Å². The topological polar surface area (TPSA) is 46.4 Å². The van der Waals surface area contributed by atoms with Gasteiger partial charge in [0.2, 0.25) is 5.54 Å². The Balaban J connectivity index is 3.26. The van der Waals surface area contributed by atoms with Gasteiger partial charge < -0.3 is 10.3 Å². The first-order chi connectivity index (χ1) is 8.43. The van der Waals surface area contributed by atoms with Gasteiger partial charge >= 0.3 is 0 Å². The fourth-order valence-corrected chi connectivity index (χ4v) is 1.79. The smallest absolute Gasteiger partial charge is 0.260 e. The van der Waals surface area contributed by atoms with Gasteiger partial charge in [-0.2, -0.15) is 0 Å². The van der Waals surface area contributed by atoms with E-state index in [1.165, 1.54) is 0 Å². The van der Waals surface area contributed by atoms with Gasteiger partial charge in [-0.25, -0.2) is 0 Å². The molecule has 0 aromatic heterocycles. The van der Waals surface area contributed by atoms with Gasteiger partial charge in [-0.3, -0.25) is 0 Å². The quantitative estimate of drug-likeness (QED) is 0.586. The van der Waals surface area contributed by atoms with Crippen LogP contribution in [-0.4, -0.2) is 15.8 Å². The summed E-state index contributed by atoms with van der Waals surface area (Å²) in [6.45, 7) is 10.8. The zero-order valence-electron chi connectivity index (χ0n) is 12.3. The van der Waals surface area contributed by atoms with Crippen molar-refractivity contribution in [3.63, 3.8) is 0 Å². The molecule has 0 aliphatic heterocycles. The highest BCUT2D eigenvalue weighted by Gasteiger charge is 2.32. The van der Waals surface area contributed by atoms with Crippen molar-refractivity contribution in [1.29, 1.82) is 0 Å². The summed E-state index contributed by atoms with van der Waals surface area (Å²) in [6.07, 6.45) is 0. The summed E-state index contributed by atoms with van der Waals surface area (Å²) >= 11 is 6.01. The third-order valence-electron chi connectivity index (χ3n) is 2.55. The van der Waals surface area contributed by atoms with Crippen LogP contribution in [0.15, 0.2) is 18.2 Å². The van der Waals surface area contributed by atoms with E-state index < -0.39 is 11.1 Å². The predicted molar refractivity (Wildman–Crippen MR) is 80.1 cm³/mol. The van der Waals surface area contributed by atoms with Crippen LogP contribution in [0.3, 0.4) is 0 Å². The molecule has 4 nitrogen and oxygen atoms in total. The Hall–Kier alpha value is -1.13. The highest BCUT2D eigenvalue weighted by molar-refractivity contribution is 6.31. The Morgan fingerprint density at radius 3 is 2.05 bits per heavy atom. The van der Waals surface area contributed by atoms with Gasteiger partial charge in [-0.15, -0.1) is 0 Å². The Bertz CT molecular complexity index is 487. The Kier molecular flexibility index (Phi) is 4.27. The first-order valence-electron chi connectivity index (χ1n) is 6.18. The minimum absolute atomic E-state index is 0.378. The number of rotatable bonds is 2. The van der Waals surface area contributed by atoms with E-state index in [1.54, 1.807) is 59.7 Å². The fraction of sp³-hybridized carbons (Fsp3) is 0.571. The van der Waals surface area contributed by atoms with Crippen LogP contribution in [0.4, 0.5) is 11.4 Å². The third kappa shape index (κ3) is 3.91. The Labute approximate surface area is 119 Å². The molecule has 0 radical (unpaired) electrons. The van der Waals surface area contributed by atoms with E-state index in [0.717, 1.165) is 9.82 Å². The van der Waals surface area contributed by atoms with Crippen molar-refractivity contribution in [1.82, 2.24) is 0 Å². The van der Waals surface area contributed by atoms with Crippen LogP contribution in [0.1, 0.15) is 41.5 Å². The number of anilines is 1. The molecule has 0 spiro atoms. The van der Waals surface area contributed by atoms with Crippen LogP contribution >= 0.6 is 11.6 Å². The van der Waals surface area contributed by atoms with E-state index in [1.807, 2.05) is 0 Å². The van der Waals surface area contributed by atoms with Gasteiger partial charge in [0.25, 0.3) is 5.69 Å². The third-order valence-corrected chi connectivity index (χ3v) is 2.77. The van der Waals surface area contributed by atoms with Crippen molar-refractivity contribution in [2.75, 3.05) is 5.06 Å². The molecule has 1 aromatic rings. The van der Waals surface area contributed by atoms with Gasteiger partial charge in [-0.05, 0) is 26.8 Å². The van der Waals surface area contributed by atoms with Gasteiger partial charge in [0.15, 0.2) is 0 Å². The van der Waals surface area contributed by atoms with Crippen LogP contribution in [0.25, 0.3) is 0 Å². The molecule has 5 heteroatoms. The summed E-state index contributed by atoms with van der Waals surface area (Å²) < 4.78 is 0.860. The SMILES string of the molecule is CC(C)(C)N([O-])c1cc(Cl)cc([N+](=O)C(C)(C)C)c1. The summed E-state index contributed by atoms with van der Waals surface area (Å²) in [5.74, 6) is 0. The van der Waals surface area contributed by atoms with Crippen molar-refractivity contribution in [3.05, 3.63) is 33.3 Å². The summed E-state index contributed by atoms with van der Waals surface area (Å²) in [6, 6.07) is 4.71. The number of benzene rings is 1. The Morgan fingerprint density at radius 2 is 1.63 bits per heavy atom. The molecular weight excluding hydrogens is 264 g/mol. The molecule has 0 N–H and O–H groups in total. The number of nitrogens with zero attached hydrogens (tertiary/aromatic N) is 2. The molecule has 0 saturated heterocycles. The average molecular weight is 285 g/mol. The first-order valence-corrected chi connectivity index (χ1v) is 6.56. The molecule has 1 rings (SSSR count). The van der Waals surface area contributed by atoms with Crippen LogP contribution in [0.2, 0.25) is 5.02 Å². The zero-order valence-corrected chi connectivity index (χ0v) is 13.1. The molecule has 0 saturated carbocycles. The lowest BCUT2D eigenvalue weighted by atomic mass is 10.1. The summed E-state index contributed by atoms with van der Waals surface area (Å²) in [5.41, 5.74) is -0.394. The maximum Gasteiger partial charge on any atom is 0.260 e. The van der Waals surface area contributed by atoms with E-state index in [9.17, 15) is 10.1 Å². The van der Waals surface area contributed by atoms with Crippen molar-refractivity contribution >= 4 is 23.0 Å². The van der Waals surface area contributed by atoms with Crippen molar-refractivity contribution < 1.29 is 4.76 Å². The van der Waals surface area contributed by atoms with E-state index in [2.05, 4.69) is 0 Å². The lowest BCUT2D eigenvalue weighted by Gasteiger charge is -2.43. The number of hydrogen-bond acceptors (Lipinski definition) is 3. The monoisotopic (exact) mass is 284 g/mol. The molecule has 1 aromatic carbocycles. The zero-order chi connectivity index (χ0) is 15.0. The number of nitroso groups, excluding NO2 is 1. The second-order valence-corrected chi connectivity index (χ2v) is 7.03. The average Bonchev–Trinajstić information content (AvgIpc) is 2.23. The van der Waals surface area contributed by atoms with Crippen LogP contribution in [0, 0.1) is 10.1 Å². The van der Waals surface area contributed by atoms with E-state index in [4.69, 9.17) is 11.6 Å². The highest BCUT2D eigenvalue weighted by Crippen LogP contribution is 2.32. The van der Waals surface area contributed by atoms with Crippen molar-refractivity contribution in [2.45, 2.75) is 52.6 Å². The molecular formula is C14H21ClN2O2. The second kappa shape index (κ2) is 5.10. The maximum absolute atomic E-state index is 12.2. The molecule has 0 fully saturated rings. The molecule has 0 atom stereocenters. The number of halogens is 1. The molecule has 0 unspecified atom stereocenters. The second-order valence-electron chi connectivity index (χ2n) is 6.60. The standard InChI is InChI=1S/C14H21ClN2O2/c1-13(2,3)16(18)11-7-10(15)8-12(9-11)17(19)14(4,5)6/h7-9H,1-6H3. The van der Waals surface area contributed by atoms with Crippen LogP contribution in [0.5, 0.6) is 0 Å². The van der Waals surface area contributed by atoms with Gasteiger partial charge in [-0.1, -0.05) is 11.6 Å². The highest BCUT2D eigenvalue weighted by atomic mass is 35.5. The largest absolute Gasteiger partial charge is 0.758 e. The van der Waals surface area contributed by atoms with Crippen LogP contribution < -0.4 is 5.06 Å². The molecule has 0 aliphatic carbocycles. The fourth-order valence-electron chi connectivity index (χ4n) is 1.57. The van der Waals surface area contributed by atoms with Gasteiger partial charge in [0, 0.05) is 58.8 Å². The number of hydroxylamine groups is 1. The Morgan fingerprint density at radius 1 is 1.11 bits per heavy atom. The van der Waals surface area contributed by atoms with E-state index in [0.29, 0.717) is 16.4 Å². The first kappa shape index (κ1) is 15.9. The minimum Gasteiger partial charge on any atom is -0.758 e. The predicted octanol–water partition coefficient (Wildman–Crippen LogP) is 4.65. The molecule has 0 aliphatic rings. The summed E-state index contributed by atoms with van der Waals surface area (Å²) in [4.78, 5) is 12.2. The van der Waals surface area contributed by atoms with Crippen molar-refractivity contribution in [3.8, 4) is 0 Å². The van der Waals surface area contributed by atoms with E-state index in [-0.39, 0.29) is 0 Å². The lowest BCUT2D eigenvalue weighted by Crippen LogP contribution is -2.36. The number of hydrogen-bond donors (Lipinski definition) is 0. The van der Waals surface area contributed by atoms with Crippen LogP contribution in [-0.2, 0) is 0 Å². The summed E-state index contributed by atoms with van der Waals surface area (Å²) in [5, 5.41) is 13.4. The lowest BCUT2D eigenvalue weighted by molar-refractivity contribution is -0.540. The molecule has 106 valence electrons. The molecule has 0 bridgehead atoms. The molecule has 19 heavy (non-hydrogen) atoms. The molecule has 0 amide bonds. The van der Waals surface area contributed by atoms with Gasteiger partial charge in [0.05, 0.1) is 0 Å². The van der Waals surface area contributed by atoms with Gasteiger partial charge in [0.1, 0.15) is 0 Å². The maximum atomic E-state index is 12.2. The normalized spacial score (nSPS) is 12.4. The molecule has 0 heterocycles. The summed E-state index contributed by atoms with van der Waals surface area (Å²) in [7, 11) is 0.